The SMILES string of the molecule is O=C(c1cccc([N+](=O)[O-])c1)C(Br)(Br)Br. The molecule has 0 atom stereocenters. The second-order valence-electron chi connectivity index (χ2n) is 2.63. The average Bonchev–Trinajstić information content (AvgIpc) is 2.15. The van der Waals surface area contributed by atoms with E-state index < -0.39 is 7.07 Å². The fourth-order valence-corrected chi connectivity index (χ4v) is 1.61. The van der Waals surface area contributed by atoms with E-state index in [1.807, 2.05) is 0 Å². The van der Waals surface area contributed by atoms with Crippen molar-refractivity contribution in [2.24, 2.45) is 0 Å². The van der Waals surface area contributed by atoms with Crippen LogP contribution in [0.25, 0.3) is 0 Å². The summed E-state index contributed by atoms with van der Waals surface area (Å²) in [5, 5.41) is 10.5. The third kappa shape index (κ3) is 3.35. The van der Waals surface area contributed by atoms with Crippen molar-refractivity contribution in [3.8, 4) is 0 Å². The van der Waals surface area contributed by atoms with Crippen molar-refractivity contribution in [3.05, 3.63) is 39.9 Å². The average molecular weight is 402 g/mol. The van der Waals surface area contributed by atoms with Gasteiger partial charge < -0.3 is 0 Å². The highest BCUT2D eigenvalue weighted by Crippen LogP contribution is 2.37. The summed E-state index contributed by atoms with van der Waals surface area (Å²) >= 11 is 9.17. The summed E-state index contributed by atoms with van der Waals surface area (Å²) in [4.78, 5) is 21.6. The highest BCUT2D eigenvalue weighted by Gasteiger charge is 2.30. The molecule has 0 bridgehead atoms. The first-order valence-electron chi connectivity index (χ1n) is 3.68. The first-order valence-corrected chi connectivity index (χ1v) is 6.06. The molecule has 0 radical (unpaired) electrons. The molecule has 0 N–H and O–H groups in total. The quantitative estimate of drug-likeness (QED) is 0.329. The van der Waals surface area contributed by atoms with Gasteiger partial charge in [0.05, 0.1) is 4.92 Å². The largest absolute Gasteiger partial charge is 0.291 e. The van der Waals surface area contributed by atoms with Crippen LogP contribution >= 0.6 is 47.8 Å². The van der Waals surface area contributed by atoms with Gasteiger partial charge in [0.15, 0.2) is 2.14 Å². The molecule has 0 aliphatic carbocycles. The number of carbonyl (C=O) groups excluding carboxylic acids is 1. The van der Waals surface area contributed by atoms with Gasteiger partial charge in [-0.3, -0.25) is 14.9 Å². The van der Waals surface area contributed by atoms with Gasteiger partial charge in [-0.05, 0) is 0 Å². The molecule has 1 aromatic carbocycles. The van der Waals surface area contributed by atoms with Crippen LogP contribution in [0.1, 0.15) is 10.4 Å². The minimum absolute atomic E-state index is 0.113. The lowest BCUT2D eigenvalue weighted by Gasteiger charge is -2.09. The Kier molecular flexibility index (Phi) is 4.02. The number of nitro groups is 1. The number of halogens is 3. The van der Waals surface area contributed by atoms with E-state index in [1.54, 1.807) is 0 Å². The van der Waals surface area contributed by atoms with Crippen LogP contribution in [0.3, 0.4) is 0 Å². The van der Waals surface area contributed by atoms with Crippen molar-refractivity contribution in [1.29, 1.82) is 0 Å². The fourth-order valence-electron chi connectivity index (χ4n) is 0.924. The highest BCUT2D eigenvalue weighted by molar-refractivity contribution is 9.40. The van der Waals surface area contributed by atoms with Gasteiger partial charge in [-0.1, -0.05) is 59.9 Å². The summed E-state index contributed by atoms with van der Waals surface area (Å²) in [6.07, 6.45) is 0. The smallest absolute Gasteiger partial charge is 0.270 e. The molecule has 0 aromatic heterocycles. The van der Waals surface area contributed by atoms with E-state index in [9.17, 15) is 14.9 Å². The van der Waals surface area contributed by atoms with E-state index >= 15 is 0 Å². The van der Waals surface area contributed by atoms with Crippen LogP contribution in [0.5, 0.6) is 0 Å². The van der Waals surface area contributed by atoms with Gasteiger partial charge in [0.25, 0.3) is 5.69 Å². The van der Waals surface area contributed by atoms with Gasteiger partial charge >= 0.3 is 0 Å². The second kappa shape index (κ2) is 4.71. The lowest BCUT2D eigenvalue weighted by Crippen LogP contribution is -2.16. The minimum Gasteiger partial charge on any atom is -0.291 e. The zero-order chi connectivity index (χ0) is 11.6. The highest BCUT2D eigenvalue weighted by atomic mass is 80.0. The number of carbonyl (C=O) groups is 1. The molecule has 0 saturated heterocycles. The number of benzene rings is 1. The van der Waals surface area contributed by atoms with Crippen molar-refractivity contribution in [2.75, 3.05) is 0 Å². The predicted octanol–water partition coefficient (Wildman–Crippen LogP) is 3.62. The summed E-state index contributed by atoms with van der Waals surface area (Å²) in [5.74, 6) is -0.341. The Morgan fingerprint density at radius 2 is 1.93 bits per heavy atom. The van der Waals surface area contributed by atoms with Crippen LogP contribution in [0.2, 0.25) is 0 Å². The fraction of sp³-hybridized carbons (Fsp3) is 0.125. The Morgan fingerprint density at radius 3 is 2.40 bits per heavy atom. The number of hydrogen-bond acceptors (Lipinski definition) is 3. The van der Waals surface area contributed by atoms with Crippen LogP contribution < -0.4 is 0 Å². The third-order valence-corrected chi connectivity index (χ3v) is 2.66. The van der Waals surface area contributed by atoms with Gasteiger partial charge in [-0.25, -0.2) is 0 Å². The Labute approximate surface area is 111 Å². The predicted molar refractivity (Wildman–Crippen MR) is 66.9 cm³/mol. The van der Waals surface area contributed by atoms with Gasteiger partial charge in [0, 0.05) is 17.7 Å². The lowest BCUT2D eigenvalue weighted by atomic mass is 10.1. The van der Waals surface area contributed by atoms with E-state index in [4.69, 9.17) is 0 Å². The zero-order valence-electron chi connectivity index (χ0n) is 7.12. The molecule has 7 heteroatoms. The van der Waals surface area contributed by atoms with E-state index in [0.717, 1.165) is 0 Å². The van der Waals surface area contributed by atoms with Crippen molar-refractivity contribution < 1.29 is 9.72 Å². The molecule has 0 aliphatic heterocycles. The molecule has 0 unspecified atom stereocenters. The molecule has 4 nitrogen and oxygen atoms in total. The topological polar surface area (TPSA) is 60.2 Å². The molecule has 0 heterocycles. The van der Waals surface area contributed by atoms with Crippen LogP contribution in [0.15, 0.2) is 24.3 Å². The van der Waals surface area contributed by atoms with Gasteiger partial charge in [0.1, 0.15) is 0 Å². The molecule has 0 saturated carbocycles. The molecule has 1 aromatic rings. The maximum atomic E-state index is 11.7. The number of nitrogens with zero attached hydrogens (tertiary/aromatic N) is 1. The van der Waals surface area contributed by atoms with Crippen LogP contribution in [-0.2, 0) is 0 Å². The first-order chi connectivity index (χ1) is 6.82. The number of nitro benzene ring substituents is 1. The Hall–Kier alpha value is -0.270. The normalized spacial score (nSPS) is 11.1. The zero-order valence-corrected chi connectivity index (χ0v) is 11.9. The van der Waals surface area contributed by atoms with Crippen molar-refractivity contribution in [1.82, 2.24) is 0 Å². The van der Waals surface area contributed by atoms with Crippen molar-refractivity contribution in [3.63, 3.8) is 0 Å². The molecule has 15 heavy (non-hydrogen) atoms. The Balaban J connectivity index is 3.12. The Morgan fingerprint density at radius 1 is 1.33 bits per heavy atom. The van der Waals surface area contributed by atoms with Crippen LogP contribution in [0, 0.1) is 10.1 Å². The number of rotatable bonds is 2. The third-order valence-electron chi connectivity index (χ3n) is 1.58. The van der Waals surface area contributed by atoms with Gasteiger partial charge in [0.2, 0.25) is 5.78 Å². The monoisotopic (exact) mass is 399 g/mol. The molecule has 0 fully saturated rings. The van der Waals surface area contributed by atoms with Gasteiger partial charge in [-0.15, -0.1) is 0 Å². The van der Waals surface area contributed by atoms with Crippen LogP contribution in [-0.4, -0.2) is 12.8 Å². The molecular weight excluding hydrogens is 398 g/mol. The first kappa shape index (κ1) is 12.8. The summed E-state index contributed by atoms with van der Waals surface area (Å²) in [6, 6.07) is 5.52. The van der Waals surface area contributed by atoms with Crippen LogP contribution in [0.4, 0.5) is 5.69 Å². The molecule has 0 spiro atoms. The van der Waals surface area contributed by atoms with E-state index in [1.165, 1.54) is 24.3 Å². The number of hydrogen-bond donors (Lipinski definition) is 0. The maximum absolute atomic E-state index is 11.7. The summed E-state index contributed by atoms with van der Waals surface area (Å²) in [5.41, 5.74) is 0.132. The maximum Gasteiger partial charge on any atom is 0.270 e. The molecule has 0 amide bonds. The molecule has 80 valence electrons. The van der Waals surface area contributed by atoms with E-state index in [2.05, 4.69) is 47.8 Å². The summed E-state index contributed by atoms with van der Waals surface area (Å²) in [7, 11) is 0. The number of Topliss-reactive ketones (excluding diaryl/α,β-unsaturated/α-hetero) is 1. The minimum atomic E-state index is -1.08. The molecular formula is C8H4Br3NO3. The summed E-state index contributed by atoms with van der Waals surface area (Å²) < 4.78 is -1.08. The van der Waals surface area contributed by atoms with Crippen molar-refractivity contribution >= 4 is 59.3 Å². The number of non-ortho nitro benzene ring substituents is 1. The Bertz CT molecular complexity index is 414. The van der Waals surface area contributed by atoms with Crippen molar-refractivity contribution in [2.45, 2.75) is 2.14 Å². The van der Waals surface area contributed by atoms with E-state index in [-0.39, 0.29) is 17.0 Å². The van der Waals surface area contributed by atoms with E-state index in [0.29, 0.717) is 0 Å². The standard InChI is InChI=1S/C8H4Br3NO3/c9-8(10,11)7(13)5-2-1-3-6(4-5)12(14)15/h1-4H. The van der Waals surface area contributed by atoms with Gasteiger partial charge in [-0.2, -0.15) is 0 Å². The molecule has 0 aliphatic rings. The molecule has 1 rings (SSSR count). The number of ketones is 1. The second-order valence-corrected chi connectivity index (χ2v) is 9.40. The lowest BCUT2D eigenvalue weighted by molar-refractivity contribution is -0.384. The summed E-state index contributed by atoms with van der Waals surface area (Å²) in [6.45, 7) is 0. The number of alkyl halides is 3.